The Hall–Kier alpha value is -1.32. The van der Waals surface area contributed by atoms with Crippen molar-refractivity contribution in [1.82, 2.24) is 9.88 Å². The standard InChI is InChI=1S/C17H24N2O/c1-17(2)11-15(8-10-20-17)19(3)12-14-6-4-5-13-7-9-18-16(13)14/h4-7,9,15,18H,8,10-12H2,1-3H3/t15-/m1/s1. The second kappa shape index (κ2) is 5.23. The topological polar surface area (TPSA) is 28.3 Å². The van der Waals surface area contributed by atoms with Crippen LogP contribution in [0, 0.1) is 0 Å². The fraction of sp³-hybridized carbons (Fsp3) is 0.529. The molecular weight excluding hydrogens is 248 g/mol. The molecule has 0 saturated carbocycles. The summed E-state index contributed by atoms with van der Waals surface area (Å²) in [4.78, 5) is 5.83. The van der Waals surface area contributed by atoms with Crippen molar-refractivity contribution in [2.75, 3.05) is 13.7 Å². The van der Waals surface area contributed by atoms with E-state index in [-0.39, 0.29) is 5.60 Å². The molecule has 1 aliphatic rings. The molecule has 3 rings (SSSR count). The number of ether oxygens (including phenoxy) is 1. The average Bonchev–Trinajstić information content (AvgIpc) is 2.87. The van der Waals surface area contributed by atoms with Crippen molar-refractivity contribution in [2.45, 2.75) is 44.9 Å². The monoisotopic (exact) mass is 272 g/mol. The number of hydrogen-bond donors (Lipinski definition) is 1. The number of nitrogens with zero attached hydrogens (tertiary/aromatic N) is 1. The molecule has 0 amide bonds. The van der Waals surface area contributed by atoms with Crippen LogP contribution in [0.4, 0.5) is 0 Å². The Bertz CT molecular complexity index is 587. The second-order valence-corrected chi connectivity index (χ2v) is 6.53. The number of rotatable bonds is 3. The van der Waals surface area contributed by atoms with E-state index in [9.17, 15) is 0 Å². The molecule has 1 N–H and O–H groups in total. The number of H-pyrrole nitrogens is 1. The molecule has 3 heteroatoms. The zero-order valence-corrected chi connectivity index (χ0v) is 12.6. The Kier molecular flexibility index (Phi) is 3.57. The Morgan fingerprint density at radius 2 is 2.20 bits per heavy atom. The maximum atomic E-state index is 5.82. The highest BCUT2D eigenvalue weighted by Gasteiger charge is 2.30. The largest absolute Gasteiger partial charge is 0.375 e. The number of hydrogen-bond acceptors (Lipinski definition) is 2. The van der Waals surface area contributed by atoms with Crippen molar-refractivity contribution in [3.63, 3.8) is 0 Å². The summed E-state index contributed by atoms with van der Waals surface area (Å²) in [6.45, 7) is 6.24. The van der Waals surface area contributed by atoms with Crippen LogP contribution in [0.25, 0.3) is 10.9 Å². The van der Waals surface area contributed by atoms with Gasteiger partial charge in [0.15, 0.2) is 0 Å². The quantitative estimate of drug-likeness (QED) is 0.925. The number of fused-ring (bicyclic) bond motifs is 1. The Morgan fingerprint density at radius 1 is 1.35 bits per heavy atom. The van der Waals surface area contributed by atoms with Crippen LogP contribution in [0.2, 0.25) is 0 Å². The van der Waals surface area contributed by atoms with Crippen LogP contribution in [0.3, 0.4) is 0 Å². The van der Waals surface area contributed by atoms with E-state index in [1.807, 2.05) is 6.20 Å². The maximum absolute atomic E-state index is 5.82. The second-order valence-electron chi connectivity index (χ2n) is 6.53. The minimum atomic E-state index is 0.00954. The molecule has 0 unspecified atom stereocenters. The summed E-state index contributed by atoms with van der Waals surface area (Å²) in [5.74, 6) is 0. The van der Waals surface area contributed by atoms with Gasteiger partial charge in [0.2, 0.25) is 0 Å². The normalized spacial score (nSPS) is 22.5. The molecule has 0 bridgehead atoms. The molecular formula is C17H24N2O. The number of para-hydroxylation sites is 1. The Morgan fingerprint density at radius 3 is 3.00 bits per heavy atom. The van der Waals surface area contributed by atoms with Gasteiger partial charge in [-0.15, -0.1) is 0 Å². The van der Waals surface area contributed by atoms with Crippen molar-refractivity contribution in [3.8, 4) is 0 Å². The molecule has 1 aromatic heterocycles. The van der Waals surface area contributed by atoms with Gasteiger partial charge in [-0.1, -0.05) is 18.2 Å². The first-order valence-corrected chi connectivity index (χ1v) is 7.44. The first kappa shape index (κ1) is 13.7. The van der Waals surface area contributed by atoms with E-state index in [1.165, 1.54) is 16.5 Å². The molecule has 2 aromatic rings. The lowest BCUT2D eigenvalue weighted by Crippen LogP contribution is -2.44. The van der Waals surface area contributed by atoms with E-state index < -0.39 is 0 Å². The third-order valence-electron chi connectivity index (χ3n) is 4.39. The van der Waals surface area contributed by atoms with E-state index in [0.29, 0.717) is 6.04 Å². The van der Waals surface area contributed by atoms with Gasteiger partial charge in [-0.2, -0.15) is 0 Å². The molecule has 108 valence electrons. The number of aromatic nitrogens is 1. The molecule has 1 aromatic carbocycles. The van der Waals surface area contributed by atoms with E-state index in [2.05, 4.69) is 55.0 Å². The predicted molar refractivity (Wildman–Crippen MR) is 82.8 cm³/mol. The average molecular weight is 272 g/mol. The third kappa shape index (κ3) is 2.74. The highest BCUT2D eigenvalue weighted by molar-refractivity contribution is 5.82. The molecule has 1 atom stereocenters. The summed E-state index contributed by atoms with van der Waals surface area (Å²) in [6.07, 6.45) is 4.25. The molecule has 1 fully saturated rings. The van der Waals surface area contributed by atoms with Gasteiger partial charge in [-0.05, 0) is 50.8 Å². The van der Waals surface area contributed by atoms with Gasteiger partial charge in [0.05, 0.1) is 5.60 Å². The molecule has 0 spiro atoms. The molecule has 1 aliphatic heterocycles. The predicted octanol–water partition coefficient (Wildman–Crippen LogP) is 3.56. The van der Waals surface area contributed by atoms with Gasteiger partial charge in [0, 0.05) is 30.9 Å². The van der Waals surface area contributed by atoms with Crippen LogP contribution < -0.4 is 0 Å². The molecule has 20 heavy (non-hydrogen) atoms. The van der Waals surface area contributed by atoms with Gasteiger partial charge < -0.3 is 9.72 Å². The summed E-state index contributed by atoms with van der Waals surface area (Å²) in [5, 5.41) is 1.29. The molecule has 3 nitrogen and oxygen atoms in total. The van der Waals surface area contributed by atoms with Gasteiger partial charge in [0.25, 0.3) is 0 Å². The van der Waals surface area contributed by atoms with Crippen LogP contribution >= 0.6 is 0 Å². The third-order valence-corrected chi connectivity index (χ3v) is 4.39. The fourth-order valence-electron chi connectivity index (χ4n) is 3.26. The number of nitrogens with one attached hydrogen (secondary N) is 1. The Labute approximate surface area is 120 Å². The molecule has 0 radical (unpaired) electrons. The van der Waals surface area contributed by atoms with Crippen LogP contribution in [0.5, 0.6) is 0 Å². The summed E-state index contributed by atoms with van der Waals surface area (Å²) in [6, 6.07) is 9.26. The van der Waals surface area contributed by atoms with Gasteiger partial charge in [0.1, 0.15) is 0 Å². The van der Waals surface area contributed by atoms with Crippen molar-refractivity contribution in [3.05, 3.63) is 36.0 Å². The van der Waals surface area contributed by atoms with E-state index >= 15 is 0 Å². The Balaban J connectivity index is 1.75. The fourth-order valence-corrected chi connectivity index (χ4v) is 3.26. The van der Waals surface area contributed by atoms with Crippen LogP contribution in [-0.2, 0) is 11.3 Å². The van der Waals surface area contributed by atoms with Gasteiger partial charge in [-0.3, -0.25) is 4.90 Å². The van der Waals surface area contributed by atoms with E-state index in [0.717, 1.165) is 26.0 Å². The lowest BCUT2D eigenvalue weighted by molar-refractivity contribution is -0.0809. The summed E-state index contributed by atoms with van der Waals surface area (Å²) >= 11 is 0. The van der Waals surface area contributed by atoms with E-state index in [1.54, 1.807) is 0 Å². The van der Waals surface area contributed by atoms with Crippen LogP contribution in [-0.4, -0.2) is 35.2 Å². The minimum absolute atomic E-state index is 0.00954. The van der Waals surface area contributed by atoms with Gasteiger partial charge in [-0.25, -0.2) is 0 Å². The first-order valence-electron chi connectivity index (χ1n) is 7.44. The lowest BCUT2D eigenvalue weighted by Gasteiger charge is -2.39. The SMILES string of the molecule is CN(Cc1cccc2cc[nH]c12)[C@@H]1CCOC(C)(C)C1. The van der Waals surface area contributed by atoms with Crippen molar-refractivity contribution >= 4 is 10.9 Å². The molecule has 1 saturated heterocycles. The molecule has 2 heterocycles. The summed E-state index contributed by atoms with van der Waals surface area (Å²) < 4.78 is 5.82. The van der Waals surface area contributed by atoms with Gasteiger partial charge >= 0.3 is 0 Å². The maximum Gasteiger partial charge on any atom is 0.0641 e. The van der Waals surface area contributed by atoms with Crippen molar-refractivity contribution in [2.24, 2.45) is 0 Å². The number of aromatic amines is 1. The smallest absolute Gasteiger partial charge is 0.0641 e. The van der Waals surface area contributed by atoms with Crippen LogP contribution in [0.1, 0.15) is 32.3 Å². The minimum Gasteiger partial charge on any atom is -0.375 e. The zero-order chi connectivity index (χ0) is 14.2. The van der Waals surface area contributed by atoms with Crippen molar-refractivity contribution in [1.29, 1.82) is 0 Å². The summed E-state index contributed by atoms with van der Waals surface area (Å²) in [5.41, 5.74) is 2.65. The zero-order valence-electron chi connectivity index (χ0n) is 12.6. The highest BCUT2D eigenvalue weighted by Crippen LogP contribution is 2.28. The van der Waals surface area contributed by atoms with E-state index in [4.69, 9.17) is 4.74 Å². The highest BCUT2D eigenvalue weighted by atomic mass is 16.5. The lowest BCUT2D eigenvalue weighted by atomic mass is 9.93. The molecule has 0 aliphatic carbocycles. The summed E-state index contributed by atoms with van der Waals surface area (Å²) in [7, 11) is 2.23. The van der Waals surface area contributed by atoms with Crippen LogP contribution in [0.15, 0.2) is 30.5 Å². The van der Waals surface area contributed by atoms with Crippen molar-refractivity contribution < 1.29 is 4.74 Å². The first-order chi connectivity index (χ1) is 9.55. The number of benzene rings is 1.